The van der Waals surface area contributed by atoms with E-state index in [4.69, 9.17) is 4.74 Å². The molecule has 0 radical (unpaired) electrons. The van der Waals surface area contributed by atoms with Crippen LogP contribution in [-0.4, -0.2) is 23.7 Å². The normalized spacial score (nSPS) is 14.5. The number of amides is 1. The predicted molar refractivity (Wildman–Crippen MR) is 93.2 cm³/mol. The molecule has 0 unspecified atom stereocenters. The molecule has 128 valence electrons. The number of carbonyl (C=O) groups excluding carboxylic acids is 1. The minimum atomic E-state index is -1.19. The molecule has 6 heteroatoms. The number of ether oxygens (including phenoxy) is 1. The molecular formula is C18H19BrFNO3. The van der Waals surface area contributed by atoms with E-state index in [1.165, 1.54) is 18.2 Å². The molecule has 2 N–H and O–H groups in total. The van der Waals surface area contributed by atoms with E-state index in [9.17, 15) is 14.3 Å². The Morgan fingerprint density at radius 3 is 2.62 bits per heavy atom. The number of hydrogen-bond acceptors (Lipinski definition) is 3. The number of nitrogens with one attached hydrogen (secondary N) is 1. The van der Waals surface area contributed by atoms with Crippen LogP contribution in [-0.2, 0) is 10.4 Å². The zero-order valence-electron chi connectivity index (χ0n) is 13.4. The quantitative estimate of drug-likeness (QED) is 0.787. The van der Waals surface area contributed by atoms with Crippen LogP contribution in [0.15, 0.2) is 53.0 Å². The molecule has 0 aliphatic heterocycles. The van der Waals surface area contributed by atoms with Crippen molar-refractivity contribution in [1.82, 2.24) is 5.32 Å². The highest BCUT2D eigenvalue weighted by Gasteiger charge is 2.25. The summed E-state index contributed by atoms with van der Waals surface area (Å²) in [5.41, 5.74) is -0.479. The van der Waals surface area contributed by atoms with Crippen molar-refractivity contribution in [3.63, 3.8) is 0 Å². The lowest BCUT2D eigenvalue weighted by atomic mass is 9.96. The molecule has 0 aromatic heterocycles. The van der Waals surface area contributed by atoms with Gasteiger partial charge in [0, 0.05) is 0 Å². The van der Waals surface area contributed by atoms with E-state index in [0.717, 1.165) is 0 Å². The first-order valence-corrected chi connectivity index (χ1v) is 8.26. The Kier molecular flexibility index (Phi) is 5.96. The van der Waals surface area contributed by atoms with Crippen molar-refractivity contribution in [3.8, 4) is 5.75 Å². The van der Waals surface area contributed by atoms with Crippen molar-refractivity contribution in [2.24, 2.45) is 0 Å². The molecule has 0 saturated heterocycles. The predicted octanol–water partition coefficient (Wildman–Crippen LogP) is 3.38. The van der Waals surface area contributed by atoms with Gasteiger partial charge in [0.15, 0.2) is 6.10 Å². The maximum atomic E-state index is 13.1. The van der Waals surface area contributed by atoms with E-state index >= 15 is 0 Å². The number of carbonyl (C=O) groups is 1. The Morgan fingerprint density at radius 2 is 2.00 bits per heavy atom. The summed E-state index contributed by atoms with van der Waals surface area (Å²) in [6, 6.07) is 13.1. The molecule has 0 heterocycles. The molecule has 0 bridgehead atoms. The minimum Gasteiger partial charge on any atom is -0.480 e. The number of aliphatic hydroxyl groups is 1. The third-order valence-electron chi connectivity index (χ3n) is 3.57. The van der Waals surface area contributed by atoms with Gasteiger partial charge < -0.3 is 15.2 Å². The smallest absolute Gasteiger partial charge is 0.260 e. The zero-order chi connectivity index (χ0) is 17.7. The summed E-state index contributed by atoms with van der Waals surface area (Å²) in [4.78, 5) is 12.2. The Morgan fingerprint density at radius 1 is 1.33 bits per heavy atom. The van der Waals surface area contributed by atoms with Gasteiger partial charge in [-0.05, 0) is 53.5 Å². The highest BCUT2D eigenvalue weighted by Crippen LogP contribution is 2.26. The van der Waals surface area contributed by atoms with Gasteiger partial charge in [-0.25, -0.2) is 4.39 Å². The topological polar surface area (TPSA) is 58.6 Å². The molecule has 2 aromatic rings. The molecular weight excluding hydrogens is 377 g/mol. The fourth-order valence-corrected chi connectivity index (χ4v) is 2.56. The molecule has 24 heavy (non-hydrogen) atoms. The molecule has 0 saturated carbocycles. The molecule has 2 atom stereocenters. The lowest BCUT2D eigenvalue weighted by Gasteiger charge is -2.25. The Bertz CT molecular complexity index is 707. The van der Waals surface area contributed by atoms with Crippen LogP contribution in [0, 0.1) is 5.82 Å². The van der Waals surface area contributed by atoms with Crippen LogP contribution in [0.3, 0.4) is 0 Å². The SMILES string of the molecule is C[C@H](Oc1ccc(F)cc1Br)C(=O)NC[C@@](C)(O)c1ccccc1. The van der Waals surface area contributed by atoms with Gasteiger partial charge in [-0.2, -0.15) is 0 Å². The average molecular weight is 396 g/mol. The number of benzene rings is 2. The van der Waals surface area contributed by atoms with Gasteiger partial charge in [0.05, 0.1) is 11.0 Å². The van der Waals surface area contributed by atoms with Crippen molar-refractivity contribution in [2.45, 2.75) is 25.6 Å². The molecule has 0 spiro atoms. The summed E-state index contributed by atoms with van der Waals surface area (Å²) < 4.78 is 19.0. The minimum absolute atomic E-state index is 0.0497. The largest absolute Gasteiger partial charge is 0.480 e. The van der Waals surface area contributed by atoms with Gasteiger partial charge >= 0.3 is 0 Å². The Balaban J connectivity index is 1.94. The lowest BCUT2D eigenvalue weighted by molar-refractivity contribution is -0.128. The van der Waals surface area contributed by atoms with Gasteiger partial charge in [0.25, 0.3) is 5.91 Å². The highest BCUT2D eigenvalue weighted by molar-refractivity contribution is 9.10. The Hall–Kier alpha value is -1.92. The van der Waals surface area contributed by atoms with Crippen LogP contribution in [0.25, 0.3) is 0 Å². The second-order valence-electron chi connectivity index (χ2n) is 5.69. The summed E-state index contributed by atoms with van der Waals surface area (Å²) in [6.45, 7) is 3.27. The molecule has 2 rings (SSSR count). The monoisotopic (exact) mass is 395 g/mol. The van der Waals surface area contributed by atoms with Crippen LogP contribution >= 0.6 is 15.9 Å². The van der Waals surface area contributed by atoms with Gasteiger partial charge in [0.1, 0.15) is 17.2 Å². The van der Waals surface area contributed by atoms with Crippen molar-refractivity contribution in [1.29, 1.82) is 0 Å². The first-order chi connectivity index (χ1) is 11.3. The van der Waals surface area contributed by atoms with Gasteiger partial charge in [-0.3, -0.25) is 4.79 Å². The van der Waals surface area contributed by atoms with E-state index in [0.29, 0.717) is 15.8 Å². The number of rotatable bonds is 6. The average Bonchev–Trinajstić information content (AvgIpc) is 2.56. The summed E-state index contributed by atoms with van der Waals surface area (Å²) in [6.07, 6.45) is -0.793. The summed E-state index contributed by atoms with van der Waals surface area (Å²) in [7, 11) is 0. The fraction of sp³-hybridized carbons (Fsp3) is 0.278. The fourth-order valence-electron chi connectivity index (χ4n) is 2.12. The van der Waals surface area contributed by atoms with Crippen molar-refractivity contribution in [3.05, 3.63) is 64.4 Å². The zero-order valence-corrected chi connectivity index (χ0v) is 15.0. The second-order valence-corrected chi connectivity index (χ2v) is 6.55. The van der Waals surface area contributed by atoms with Gasteiger partial charge in [0.2, 0.25) is 0 Å². The summed E-state index contributed by atoms with van der Waals surface area (Å²) in [5, 5.41) is 13.1. The van der Waals surface area contributed by atoms with Crippen molar-refractivity contribution >= 4 is 21.8 Å². The molecule has 2 aromatic carbocycles. The third kappa shape index (κ3) is 4.79. The van der Waals surface area contributed by atoms with Crippen molar-refractivity contribution < 1.29 is 19.0 Å². The van der Waals surface area contributed by atoms with E-state index in [1.807, 2.05) is 18.2 Å². The van der Waals surface area contributed by atoms with Crippen LogP contribution < -0.4 is 10.1 Å². The van der Waals surface area contributed by atoms with Crippen LogP contribution in [0.5, 0.6) is 5.75 Å². The molecule has 4 nitrogen and oxygen atoms in total. The van der Waals surface area contributed by atoms with Gasteiger partial charge in [-0.1, -0.05) is 30.3 Å². The highest BCUT2D eigenvalue weighted by atomic mass is 79.9. The molecule has 0 fully saturated rings. The summed E-state index contributed by atoms with van der Waals surface area (Å²) in [5.74, 6) is -0.401. The van der Waals surface area contributed by atoms with E-state index in [-0.39, 0.29) is 12.5 Å². The molecule has 0 aliphatic carbocycles. The molecule has 1 amide bonds. The molecule has 0 aliphatic rings. The van der Waals surface area contributed by atoms with Crippen molar-refractivity contribution in [2.75, 3.05) is 6.54 Å². The standard InChI is InChI=1S/C18H19BrFNO3/c1-12(24-16-9-8-14(20)10-15(16)19)17(22)21-11-18(2,23)13-6-4-3-5-7-13/h3-10,12,23H,11H2,1-2H3,(H,21,22)/t12-,18+/m0/s1. The van der Waals surface area contributed by atoms with E-state index in [2.05, 4.69) is 21.2 Å². The Labute approximate surface area is 148 Å². The van der Waals surface area contributed by atoms with E-state index < -0.39 is 17.5 Å². The first-order valence-electron chi connectivity index (χ1n) is 7.47. The first kappa shape index (κ1) is 18.4. The second kappa shape index (κ2) is 7.77. The van der Waals surface area contributed by atoms with E-state index in [1.54, 1.807) is 26.0 Å². The maximum absolute atomic E-state index is 13.1. The lowest BCUT2D eigenvalue weighted by Crippen LogP contribution is -2.43. The van der Waals surface area contributed by atoms with Gasteiger partial charge in [-0.15, -0.1) is 0 Å². The summed E-state index contributed by atoms with van der Waals surface area (Å²) >= 11 is 3.19. The third-order valence-corrected chi connectivity index (χ3v) is 4.19. The number of halogens is 2. The maximum Gasteiger partial charge on any atom is 0.260 e. The van der Waals surface area contributed by atoms with Crippen LogP contribution in [0.4, 0.5) is 4.39 Å². The van der Waals surface area contributed by atoms with Crippen LogP contribution in [0.2, 0.25) is 0 Å². The van der Waals surface area contributed by atoms with Crippen LogP contribution in [0.1, 0.15) is 19.4 Å². The number of hydrogen-bond donors (Lipinski definition) is 2.